The van der Waals surface area contributed by atoms with Gasteiger partial charge in [-0.25, -0.2) is 0 Å². The topological polar surface area (TPSA) is 56.7 Å². The highest BCUT2D eigenvalue weighted by molar-refractivity contribution is 5.94. The van der Waals surface area contributed by atoms with Crippen LogP contribution in [0.15, 0.2) is 48.8 Å². The first-order valence-electron chi connectivity index (χ1n) is 8.82. The molecule has 25 heavy (non-hydrogen) atoms. The summed E-state index contributed by atoms with van der Waals surface area (Å²) in [5.74, 6) is 0.885. The van der Waals surface area contributed by atoms with Crippen molar-refractivity contribution in [1.82, 2.24) is 14.8 Å². The van der Waals surface area contributed by atoms with Gasteiger partial charge in [-0.3, -0.25) is 9.78 Å². The number of aromatic nitrogens is 1. The van der Waals surface area contributed by atoms with Gasteiger partial charge >= 0.3 is 0 Å². The van der Waals surface area contributed by atoms with Crippen molar-refractivity contribution in [3.8, 4) is 5.75 Å². The van der Waals surface area contributed by atoms with Crippen molar-refractivity contribution in [2.75, 3.05) is 26.7 Å². The van der Waals surface area contributed by atoms with Crippen LogP contribution in [0.3, 0.4) is 0 Å². The summed E-state index contributed by atoms with van der Waals surface area (Å²) in [5.41, 5.74) is 1.82. The lowest BCUT2D eigenvalue weighted by atomic mass is 9.81. The second-order valence-corrected chi connectivity index (χ2v) is 7.16. The van der Waals surface area contributed by atoms with Crippen LogP contribution in [0.1, 0.15) is 28.3 Å². The zero-order valence-corrected chi connectivity index (χ0v) is 14.4. The van der Waals surface area contributed by atoms with E-state index in [1.54, 1.807) is 0 Å². The van der Waals surface area contributed by atoms with E-state index in [-0.39, 0.29) is 11.7 Å². The second-order valence-electron chi connectivity index (χ2n) is 7.16. The number of amides is 1. The summed E-state index contributed by atoms with van der Waals surface area (Å²) in [5, 5.41) is 9.60. The van der Waals surface area contributed by atoms with Crippen LogP contribution in [-0.2, 0) is 0 Å². The number of hydrogen-bond acceptors (Lipinski definition) is 4. The Hall–Kier alpha value is -2.40. The number of likely N-dealkylation sites (N-methyl/N-ethyl adjacent to an activating group) is 1. The molecule has 0 spiro atoms. The molecule has 1 aromatic heterocycles. The maximum Gasteiger partial charge on any atom is 0.255 e. The standard InChI is InChI=1S/C20H23N3O2/c1-22-12-17(14-5-3-2-4-6-14)18-13-23(8-7-19(18)22)20(25)15-9-16(24)11-21-10-15/h2-6,9-11,17-19,24H,7-8,12-13H2,1H3/t17-,18-,19-/m1/s1. The molecule has 2 saturated heterocycles. The van der Waals surface area contributed by atoms with Crippen LogP contribution in [0.25, 0.3) is 0 Å². The lowest BCUT2D eigenvalue weighted by Gasteiger charge is -2.38. The highest BCUT2D eigenvalue weighted by Gasteiger charge is 2.44. The molecular weight excluding hydrogens is 314 g/mol. The zero-order valence-electron chi connectivity index (χ0n) is 14.4. The SMILES string of the molecule is CN1C[C@H](c2ccccc2)[C@H]2CN(C(=O)c3cncc(O)c3)CC[C@H]21. The second kappa shape index (κ2) is 6.48. The molecule has 3 atom stereocenters. The van der Waals surface area contributed by atoms with E-state index in [2.05, 4.69) is 41.2 Å². The molecule has 1 N–H and O–H groups in total. The van der Waals surface area contributed by atoms with Crippen LogP contribution in [0.2, 0.25) is 0 Å². The van der Waals surface area contributed by atoms with Crippen LogP contribution >= 0.6 is 0 Å². The maximum absolute atomic E-state index is 12.8. The van der Waals surface area contributed by atoms with E-state index in [4.69, 9.17) is 0 Å². The van der Waals surface area contributed by atoms with Gasteiger partial charge in [0.15, 0.2) is 0 Å². The maximum atomic E-state index is 12.8. The number of aromatic hydroxyl groups is 1. The predicted octanol–water partition coefficient (Wildman–Crippen LogP) is 2.35. The van der Waals surface area contributed by atoms with Gasteiger partial charge in [0, 0.05) is 43.7 Å². The normalized spacial score (nSPS) is 26.4. The molecule has 0 aliphatic carbocycles. The minimum absolute atomic E-state index is 0.0310. The average Bonchev–Trinajstić information content (AvgIpc) is 2.98. The summed E-state index contributed by atoms with van der Waals surface area (Å²) in [7, 11) is 2.19. The van der Waals surface area contributed by atoms with E-state index in [9.17, 15) is 9.90 Å². The van der Waals surface area contributed by atoms with Crippen molar-refractivity contribution in [3.63, 3.8) is 0 Å². The van der Waals surface area contributed by atoms with E-state index in [1.165, 1.54) is 24.0 Å². The molecule has 2 aliphatic rings. The molecule has 2 aliphatic heterocycles. The van der Waals surface area contributed by atoms with Gasteiger partial charge in [-0.15, -0.1) is 0 Å². The molecule has 2 fully saturated rings. The van der Waals surface area contributed by atoms with Gasteiger partial charge in [0.25, 0.3) is 5.91 Å². The number of benzene rings is 1. The molecule has 0 radical (unpaired) electrons. The Morgan fingerprint density at radius 3 is 2.76 bits per heavy atom. The number of carbonyl (C=O) groups excluding carboxylic acids is 1. The number of pyridine rings is 1. The van der Waals surface area contributed by atoms with Gasteiger partial charge in [0.05, 0.1) is 11.8 Å². The first kappa shape index (κ1) is 16.1. The highest BCUT2D eigenvalue weighted by atomic mass is 16.3. The van der Waals surface area contributed by atoms with Crippen molar-refractivity contribution < 1.29 is 9.90 Å². The minimum Gasteiger partial charge on any atom is -0.506 e. The largest absolute Gasteiger partial charge is 0.506 e. The third kappa shape index (κ3) is 3.00. The first-order valence-corrected chi connectivity index (χ1v) is 8.82. The Labute approximate surface area is 147 Å². The monoisotopic (exact) mass is 337 g/mol. The molecule has 0 unspecified atom stereocenters. The lowest BCUT2D eigenvalue weighted by Crippen LogP contribution is -2.48. The van der Waals surface area contributed by atoms with E-state index >= 15 is 0 Å². The number of piperidine rings is 1. The Bertz CT molecular complexity index is 765. The summed E-state index contributed by atoms with van der Waals surface area (Å²) in [6.45, 7) is 2.54. The molecule has 3 heterocycles. The minimum atomic E-state index is -0.0387. The predicted molar refractivity (Wildman–Crippen MR) is 95.5 cm³/mol. The lowest BCUT2D eigenvalue weighted by molar-refractivity contribution is 0.0607. The number of carbonyl (C=O) groups is 1. The third-order valence-corrected chi connectivity index (χ3v) is 5.67. The Morgan fingerprint density at radius 1 is 1.20 bits per heavy atom. The molecule has 4 rings (SSSR count). The van der Waals surface area contributed by atoms with Gasteiger partial charge in [-0.2, -0.15) is 0 Å². The molecule has 1 aromatic carbocycles. The summed E-state index contributed by atoms with van der Waals surface area (Å²) in [4.78, 5) is 21.1. The number of nitrogens with zero attached hydrogens (tertiary/aromatic N) is 3. The van der Waals surface area contributed by atoms with E-state index in [0.717, 1.165) is 26.1 Å². The van der Waals surface area contributed by atoms with Gasteiger partial charge in [-0.1, -0.05) is 30.3 Å². The van der Waals surface area contributed by atoms with Gasteiger partial charge in [-0.05, 0) is 25.1 Å². The molecule has 0 saturated carbocycles. The van der Waals surface area contributed by atoms with Crippen LogP contribution in [0.4, 0.5) is 0 Å². The summed E-state index contributed by atoms with van der Waals surface area (Å²) >= 11 is 0. The fourth-order valence-electron chi connectivity index (χ4n) is 4.46. The molecule has 5 heteroatoms. The molecule has 130 valence electrons. The van der Waals surface area contributed by atoms with Crippen molar-refractivity contribution in [2.45, 2.75) is 18.4 Å². The number of rotatable bonds is 2. The number of fused-ring (bicyclic) bond motifs is 1. The quantitative estimate of drug-likeness (QED) is 0.914. The molecule has 1 amide bonds. The van der Waals surface area contributed by atoms with Crippen molar-refractivity contribution in [3.05, 3.63) is 59.9 Å². The van der Waals surface area contributed by atoms with Crippen LogP contribution in [0, 0.1) is 5.92 Å². The zero-order chi connectivity index (χ0) is 17.4. The number of likely N-dealkylation sites (tertiary alicyclic amines) is 2. The Morgan fingerprint density at radius 2 is 2.00 bits per heavy atom. The Kier molecular flexibility index (Phi) is 4.17. The van der Waals surface area contributed by atoms with Gasteiger partial charge in [0.1, 0.15) is 5.75 Å². The summed E-state index contributed by atoms with van der Waals surface area (Å²) in [6.07, 6.45) is 3.87. The van der Waals surface area contributed by atoms with Crippen molar-refractivity contribution >= 4 is 5.91 Å². The first-order chi connectivity index (χ1) is 12.1. The van der Waals surface area contributed by atoms with E-state index in [0.29, 0.717) is 23.4 Å². The Balaban J connectivity index is 1.56. The van der Waals surface area contributed by atoms with Crippen molar-refractivity contribution in [2.24, 2.45) is 5.92 Å². The van der Waals surface area contributed by atoms with Crippen LogP contribution in [-0.4, -0.2) is 58.5 Å². The summed E-state index contributed by atoms with van der Waals surface area (Å²) in [6, 6.07) is 12.6. The molecule has 2 aromatic rings. The van der Waals surface area contributed by atoms with Crippen LogP contribution < -0.4 is 0 Å². The fourth-order valence-corrected chi connectivity index (χ4v) is 4.46. The molecular formula is C20H23N3O2. The highest BCUT2D eigenvalue weighted by Crippen LogP contribution is 2.40. The van der Waals surface area contributed by atoms with Crippen molar-refractivity contribution in [1.29, 1.82) is 0 Å². The average molecular weight is 337 g/mol. The van der Waals surface area contributed by atoms with E-state index in [1.807, 2.05) is 11.0 Å². The van der Waals surface area contributed by atoms with Gasteiger partial charge < -0.3 is 14.9 Å². The fraction of sp³-hybridized carbons (Fsp3) is 0.400. The van der Waals surface area contributed by atoms with E-state index < -0.39 is 0 Å². The smallest absolute Gasteiger partial charge is 0.255 e. The third-order valence-electron chi connectivity index (χ3n) is 5.67. The summed E-state index contributed by atoms with van der Waals surface area (Å²) < 4.78 is 0. The number of hydrogen-bond donors (Lipinski definition) is 1. The molecule has 0 bridgehead atoms. The van der Waals surface area contributed by atoms with Crippen LogP contribution in [0.5, 0.6) is 5.75 Å². The van der Waals surface area contributed by atoms with Gasteiger partial charge in [0.2, 0.25) is 0 Å². The molecule has 5 nitrogen and oxygen atoms in total.